The van der Waals surface area contributed by atoms with Crippen LogP contribution in [0.25, 0.3) is 5.00 Å². The summed E-state index contributed by atoms with van der Waals surface area (Å²) < 4.78 is 34.5. The summed E-state index contributed by atoms with van der Waals surface area (Å²) in [5.41, 5.74) is 0.542. The molecule has 4 rings (SSSR count). The highest BCUT2D eigenvalue weighted by atomic mass is 32.2. The number of ether oxygens (including phenoxy) is 1. The number of H-pyrrole nitrogens is 1. The highest BCUT2D eigenvalue weighted by Gasteiger charge is 2.30. The Labute approximate surface area is 179 Å². The van der Waals surface area contributed by atoms with Crippen molar-refractivity contribution >= 4 is 21.4 Å². The van der Waals surface area contributed by atoms with Gasteiger partial charge in [-0.2, -0.15) is 9.40 Å². The van der Waals surface area contributed by atoms with Gasteiger partial charge < -0.3 is 4.74 Å². The molecule has 1 N–H and O–H groups in total. The first-order valence-corrected chi connectivity index (χ1v) is 12.1. The van der Waals surface area contributed by atoms with E-state index in [0.717, 1.165) is 23.4 Å². The van der Waals surface area contributed by atoms with Crippen molar-refractivity contribution < 1.29 is 13.2 Å². The third kappa shape index (κ3) is 3.94. The summed E-state index contributed by atoms with van der Waals surface area (Å²) in [4.78, 5) is 12.4. The Morgan fingerprint density at radius 2 is 2.03 bits per heavy atom. The summed E-state index contributed by atoms with van der Waals surface area (Å²) in [6.45, 7) is 2.73. The number of benzene rings is 1. The van der Waals surface area contributed by atoms with Crippen molar-refractivity contribution in [3.63, 3.8) is 0 Å². The van der Waals surface area contributed by atoms with Gasteiger partial charge in [0.2, 0.25) is 10.0 Å². The molecule has 0 amide bonds. The molecule has 3 heterocycles. The zero-order valence-corrected chi connectivity index (χ0v) is 18.5. The molecule has 0 atom stereocenters. The van der Waals surface area contributed by atoms with Crippen LogP contribution in [-0.2, 0) is 16.4 Å². The van der Waals surface area contributed by atoms with Gasteiger partial charge in [-0.25, -0.2) is 22.9 Å². The van der Waals surface area contributed by atoms with Crippen LogP contribution >= 0.6 is 11.3 Å². The smallest absolute Gasteiger partial charge is 0.348 e. The number of nitrogens with zero attached hydrogens (tertiary/aromatic N) is 3. The lowest BCUT2D eigenvalue weighted by Gasteiger charge is -2.31. The molecule has 1 aliphatic heterocycles. The number of aromatic amines is 1. The molecule has 0 unspecified atom stereocenters. The van der Waals surface area contributed by atoms with E-state index in [1.54, 1.807) is 34.2 Å². The summed E-state index contributed by atoms with van der Waals surface area (Å²) in [6.07, 6.45) is 2.08. The predicted octanol–water partition coefficient (Wildman–Crippen LogP) is 2.58. The summed E-state index contributed by atoms with van der Waals surface area (Å²) in [5.74, 6) is 1.63. The van der Waals surface area contributed by atoms with Crippen LogP contribution in [-0.4, -0.2) is 47.7 Å². The van der Waals surface area contributed by atoms with Gasteiger partial charge in [0.15, 0.2) is 0 Å². The van der Waals surface area contributed by atoms with Gasteiger partial charge in [-0.05, 0) is 67.0 Å². The number of aryl methyl sites for hydroxylation is 1. The van der Waals surface area contributed by atoms with Gasteiger partial charge in [0, 0.05) is 19.5 Å². The molecule has 0 bridgehead atoms. The van der Waals surface area contributed by atoms with E-state index in [2.05, 4.69) is 10.2 Å². The van der Waals surface area contributed by atoms with E-state index in [-0.39, 0.29) is 16.5 Å². The van der Waals surface area contributed by atoms with E-state index in [0.29, 0.717) is 31.1 Å². The SMILES string of the molecule is COc1ccc(S(=O)(=O)N2CCC(Cc3n[nH]c(=O)n3-c3cccs3)CC2)cc1C. The molecule has 2 aromatic heterocycles. The van der Waals surface area contributed by atoms with Crippen LogP contribution in [0.3, 0.4) is 0 Å². The van der Waals surface area contributed by atoms with Crippen LogP contribution in [0.15, 0.2) is 45.4 Å². The molecule has 3 aromatic rings. The number of sulfonamides is 1. The van der Waals surface area contributed by atoms with Gasteiger partial charge in [-0.1, -0.05) is 0 Å². The van der Waals surface area contributed by atoms with E-state index in [1.165, 1.54) is 11.3 Å². The van der Waals surface area contributed by atoms with Crippen molar-refractivity contribution in [2.24, 2.45) is 5.92 Å². The minimum Gasteiger partial charge on any atom is -0.496 e. The van der Waals surface area contributed by atoms with Crippen LogP contribution in [0.5, 0.6) is 5.75 Å². The Morgan fingerprint density at radius 3 is 2.67 bits per heavy atom. The van der Waals surface area contributed by atoms with Crippen LogP contribution in [0.2, 0.25) is 0 Å². The van der Waals surface area contributed by atoms with Gasteiger partial charge in [0.05, 0.1) is 12.0 Å². The molecular weight excluding hydrogens is 424 g/mol. The fraction of sp³-hybridized carbons (Fsp3) is 0.400. The molecule has 1 aliphatic rings. The quantitative estimate of drug-likeness (QED) is 0.625. The molecule has 30 heavy (non-hydrogen) atoms. The Bertz CT molecular complexity index is 1170. The van der Waals surface area contributed by atoms with Crippen LogP contribution in [0.1, 0.15) is 24.2 Å². The number of piperidine rings is 1. The Hall–Kier alpha value is -2.43. The Balaban J connectivity index is 1.45. The number of methoxy groups -OCH3 is 1. The third-order valence-corrected chi connectivity index (χ3v) is 8.27. The first kappa shape index (κ1) is 20.8. The topological polar surface area (TPSA) is 97.3 Å². The van der Waals surface area contributed by atoms with Gasteiger partial charge in [0.1, 0.15) is 16.6 Å². The minimum atomic E-state index is -3.54. The second-order valence-electron chi connectivity index (χ2n) is 7.41. The summed E-state index contributed by atoms with van der Waals surface area (Å²) >= 11 is 1.48. The molecule has 0 spiro atoms. The van der Waals surface area contributed by atoms with E-state index < -0.39 is 10.0 Å². The normalized spacial score (nSPS) is 16.1. The summed E-state index contributed by atoms with van der Waals surface area (Å²) in [6, 6.07) is 8.72. The molecule has 0 radical (unpaired) electrons. The van der Waals surface area contributed by atoms with Crippen molar-refractivity contribution in [3.05, 3.63) is 57.6 Å². The Morgan fingerprint density at radius 1 is 1.27 bits per heavy atom. The van der Waals surface area contributed by atoms with Gasteiger partial charge in [-0.3, -0.25) is 0 Å². The van der Waals surface area contributed by atoms with Gasteiger partial charge in [-0.15, -0.1) is 11.3 Å². The largest absolute Gasteiger partial charge is 0.496 e. The first-order chi connectivity index (χ1) is 14.4. The second kappa shape index (κ2) is 8.37. The average Bonchev–Trinajstić information content (AvgIpc) is 3.38. The zero-order chi connectivity index (χ0) is 21.3. The van der Waals surface area contributed by atoms with E-state index in [1.807, 2.05) is 24.4 Å². The number of rotatable bonds is 6. The number of nitrogens with one attached hydrogen (secondary N) is 1. The van der Waals surface area contributed by atoms with Crippen molar-refractivity contribution in [1.29, 1.82) is 0 Å². The van der Waals surface area contributed by atoms with Gasteiger partial charge >= 0.3 is 5.69 Å². The highest BCUT2D eigenvalue weighted by molar-refractivity contribution is 7.89. The number of aromatic nitrogens is 3. The maximum atomic E-state index is 13.0. The average molecular weight is 449 g/mol. The third-order valence-electron chi connectivity index (χ3n) is 5.52. The van der Waals surface area contributed by atoms with E-state index in [4.69, 9.17) is 4.74 Å². The lowest BCUT2D eigenvalue weighted by molar-refractivity contribution is 0.270. The second-order valence-corrected chi connectivity index (χ2v) is 10.3. The lowest BCUT2D eigenvalue weighted by Crippen LogP contribution is -2.39. The Kier molecular flexibility index (Phi) is 5.81. The maximum Gasteiger partial charge on any atom is 0.348 e. The van der Waals surface area contributed by atoms with Crippen molar-refractivity contribution in [2.75, 3.05) is 20.2 Å². The van der Waals surface area contributed by atoms with Crippen molar-refractivity contribution in [3.8, 4) is 10.8 Å². The molecule has 160 valence electrons. The molecule has 8 nitrogen and oxygen atoms in total. The highest BCUT2D eigenvalue weighted by Crippen LogP contribution is 2.28. The monoisotopic (exact) mass is 448 g/mol. The van der Waals surface area contributed by atoms with Crippen LogP contribution < -0.4 is 10.4 Å². The van der Waals surface area contributed by atoms with Crippen LogP contribution in [0, 0.1) is 12.8 Å². The summed E-state index contributed by atoms with van der Waals surface area (Å²) in [5, 5.41) is 9.48. The molecule has 1 saturated heterocycles. The fourth-order valence-electron chi connectivity index (χ4n) is 3.86. The predicted molar refractivity (Wildman–Crippen MR) is 115 cm³/mol. The van der Waals surface area contributed by atoms with Gasteiger partial charge in [0.25, 0.3) is 0 Å². The van der Waals surface area contributed by atoms with Crippen LogP contribution in [0.4, 0.5) is 0 Å². The van der Waals surface area contributed by atoms with Crippen molar-refractivity contribution in [2.45, 2.75) is 31.1 Å². The lowest BCUT2D eigenvalue weighted by atomic mass is 9.94. The van der Waals surface area contributed by atoms with E-state index >= 15 is 0 Å². The maximum absolute atomic E-state index is 13.0. The minimum absolute atomic E-state index is 0.248. The molecular formula is C20H24N4O4S2. The number of hydrogen-bond acceptors (Lipinski definition) is 6. The van der Waals surface area contributed by atoms with E-state index in [9.17, 15) is 13.2 Å². The number of hydrogen-bond donors (Lipinski definition) is 1. The number of thiophene rings is 1. The molecule has 1 aromatic carbocycles. The standard InChI is InChI=1S/C20H24N4O4S2/c1-14-12-16(5-6-17(14)28-2)30(26,27)23-9-7-15(8-10-23)13-18-21-22-20(25)24(18)19-4-3-11-29-19/h3-6,11-12,15H,7-10,13H2,1-2H3,(H,22,25). The fourth-order valence-corrected chi connectivity index (χ4v) is 6.17. The molecule has 1 fully saturated rings. The molecule has 0 aliphatic carbocycles. The molecule has 10 heteroatoms. The zero-order valence-electron chi connectivity index (χ0n) is 16.9. The first-order valence-electron chi connectivity index (χ1n) is 9.75. The molecule has 0 saturated carbocycles. The van der Waals surface area contributed by atoms with Crippen molar-refractivity contribution in [1.82, 2.24) is 19.1 Å². The summed E-state index contributed by atoms with van der Waals surface area (Å²) in [7, 11) is -1.97.